The summed E-state index contributed by atoms with van der Waals surface area (Å²) >= 11 is 0. The number of benzene rings is 2. The highest BCUT2D eigenvalue weighted by Crippen LogP contribution is 2.40. The molecule has 0 spiro atoms. The first-order valence-electron chi connectivity index (χ1n) is 5.72. The van der Waals surface area contributed by atoms with Gasteiger partial charge in [0.15, 0.2) is 11.5 Å². The number of hydrogen-bond acceptors (Lipinski definition) is 3. The molecule has 0 aliphatic carbocycles. The molecule has 0 heterocycles. The van der Waals surface area contributed by atoms with Crippen LogP contribution in [0.2, 0.25) is 0 Å². The van der Waals surface area contributed by atoms with E-state index < -0.39 is 0 Å². The monoisotopic (exact) mass is 244 g/mol. The first-order valence-corrected chi connectivity index (χ1v) is 5.72. The molecule has 0 saturated heterocycles. The fourth-order valence-electron chi connectivity index (χ4n) is 2.02. The molecule has 2 aromatic rings. The molecule has 0 aromatic heterocycles. The molecule has 1 N–H and O–H groups in total. The quantitative estimate of drug-likeness (QED) is 0.898. The number of rotatable bonds is 4. The van der Waals surface area contributed by atoms with Crippen molar-refractivity contribution in [2.75, 3.05) is 14.2 Å². The highest BCUT2D eigenvalue weighted by atomic mass is 16.5. The van der Waals surface area contributed by atoms with E-state index in [0.717, 1.165) is 16.7 Å². The van der Waals surface area contributed by atoms with Gasteiger partial charge in [0.05, 0.1) is 20.8 Å². The molecule has 0 fully saturated rings. The van der Waals surface area contributed by atoms with E-state index >= 15 is 0 Å². The van der Waals surface area contributed by atoms with E-state index in [1.807, 2.05) is 36.4 Å². The Kier molecular flexibility index (Phi) is 3.85. The molecule has 3 nitrogen and oxygen atoms in total. The third kappa shape index (κ3) is 2.17. The molecular formula is C15H16O3. The summed E-state index contributed by atoms with van der Waals surface area (Å²) in [6.07, 6.45) is 0. The van der Waals surface area contributed by atoms with Gasteiger partial charge in [-0.25, -0.2) is 0 Å². The molecule has 0 atom stereocenters. The van der Waals surface area contributed by atoms with Crippen LogP contribution in [0.4, 0.5) is 0 Å². The van der Waals surface area contributed by atoms with E-state index in [4.69, 9.17) is 9.47 Å². The lowest BCUT2D eigenvalue weighted by Gasteiger charge is -2.16. The van der Waals surface area contributed by atoms with Crippen molar-refractivity contribution in [2.24, 2.45) is 0 Å². The third-order valence-electron chi connectivity index (χ3n) is 2.86. The summed E-state index contributed by atoms with van der Waals surface area (Å²) in [6.45, 7) is -0.0371. The molecule has 0 radical (unpaired) electrons. The van der Waals surface area contributed by atoms with Crippen molar-refractivity contribution >= 4 is 0 Å². The van der Waals surface area contributed by atoms with Gasteiger partial charge in [0.1, 0.15) is 0 Å². The van der Waals surface area contributed by atoms with E-state index in [1.165, 1.54) is 0 Å². The smallest absolute Gasteiger partial charge is 0.168 e. The minimum atomic E-state index is -0.0371. The number of hydrogen-bond donors (Lipinski definition) is 1. The van der Waals surface area contributed by atoms with Crippen LogP contribution in [0, 0.1) is 0 Å². The second kappa shape index (κ2) is 5.56. The van der Waals surface area contributed by atoms with Crippen molar-refractivity contribution in [1.82, 2.24) is 0 Å². The molecule has 0 aliphatic rings. The van der Waals surface area contributed by atoms with Gasteiger partial charge in [-0.15, -0.1) is 0 Å². The standard InChI is InChI=1S/C15H16O3/c1-17-13-9-8-12(10-16)14(15(13)18-2)11-6-4-3-5-7-11/h3-9,16H,10H2,1-2H3. The van der Waals surface area contributed by atoms with Crippen molar-refractivity contribution in [3.05, 3.63) is 48.0 Å². The molecule has 94 valence electrons. The Morgan fingerprint density at radius 1 is 0.944 bits per heavy atom. The van der Waals surface area contributed by atoms with Gasteiger partial charge < -0.3 is 14.6 Å². The van der Waals surface area contributed by atoms with Gasteiger partial charge in [0.25, 0.3) is 0 Å². The van der Waals surface area contributed by atoms with Crippen LogP contribution in [0.1, 0.15) is 5.56 Å². The van der Waals surface area contributed by atoms with Gasteiger partial charge in [-0.05, 0) is 17.2 Å². The zero-order valence-corrected chi connectivity index (χ0v) is 10.5. The second-order valence-corrected chi connectivity index (χ2v) is 3.86. The van der Waals surface area contributed by atoms with Crippen molar-refractivity contribution in [2.45, 2.75) is 6.61 Å². The molecule has 0 saturated carbocycles. The van der Waals surface area contributed by atoms with Crippen LogP contribution in [-0.2, 0) is 6.61 Å². The van der Waals surface area contributed by atoms with Crippen molar-refractivity contribution in [3.63, 3.8) is 0 Å². The Labute approximate surface area is 107 Å². The number of aliphatic hydroxyl groups is 1. The van der Waals surface area contributed by atoms with E-state index in [-0.39, 0.29) is 6.61 Å². The first-order chi connectivity index (χ1) is 8.81. The predicted octanol–water partition coefficient (Wildman–Crippen LogP) is 2.86. The molecule has 0 amide bonds. The van der Waals surface area contributed by atoms with Gasteiger partial charge in [0, 0.05) is 5.56 Å². The summed E-state index contributed by atoms with van der Waals surface area (Å²) in [4.78, 5) is 0. The van der Waals surface area contributed by atoms with Gasteiger partial charge >= 0.3 is 0 Å². The van der Waals surface area contributed by atoms with E-state index in [9.17, 15) is 5.11 Å². The number of ether oxygens (including phenoxy) is 2. The fraction of sp³-hybridized carbons (Fsp3) is 0.200. The van der Waals surface area contributed by atoms with Gasteiger partial charge in [-0.1, -0.05) is 36.4 Å². The zero-order valence-electron chi connectivity index (χ0n) is 10.5. The molecule has 0 aliphatic heterocycles. The predicted molar refractivity (Wildman–Crippen MR) is 70.9 cm³/mol. The van der Waals surface area contributed by atoms with Crippen LogP contribution in [-0.4, -0.2) is 19.3 Å². The fourth-order valence-corrected chi connectivity index (χ4v) is 2.02. The Morgan fingerprint density at radius 3 is 2.22 bits per heavy atom. The minimum Gasteiger partial charge on any atom is -0.493 e. The highest BCUT2D eigenvalue weighted by Gasteiger charge is 2.15. The molecule has 3 heteroatoms. The van der Waals surface area contributed by atoms with Crippen LogP contribution in [0.3, 0.4) is 0 Å². The Hall–Kier alpha value is -2.00. The highest BCUT2D eigenvalue weighted by molar-refractivity contribution is 5.77. The Balaban J connectivity index is 2.69. The van der Waals surface area contributed by atoms with Crippen LogP contribution >= 0.6 is 0 Å². The molecule has 0 unspecified atom stereocenters. The minimum absolute atomic E-state index is 0.0371. The second-order valence-electron chi connectivity index (χ2n) is 3.86. The summed E-state index contributed by atoms with van der Waals surface area (Å²) in [7, 11) is 3.21. The van der Waals surface area contributed by atoms with Crippen LogP contribution < -0.4 is 9.47 Å². The van der Waals surface area contributed by atoms with Gasteiger partial charge in [0.2, 0.25) is 0 Å². The Bertz CT molecular complexity index is 521. The molecule has 2 aromatic carbocycles. The Morgan fingerprint density at radius 2 is 1.67 bits per heavy atom. The average Bonchev–Trinajstić information content (AvgIpc) is 2.46. The zero-order chi connectivity index (χ0) is 13.0. The molecular weight excluding hydrogens is 228 g/mol. The topological polar surface area (TPSA) is 38.7 Å². The average molecular weight is 244 g/mol. The summed E-state index contributed by atoms with van der Waals surface area (Å²) in [5.41, 5.74) is 2.69. The third-order valence-corrected chi connectivity index (χ3v) is 2.86. The van der Waals surface area contributed by atoms with Crippen LogP contribution in [0.25, 0.3) is 11.1 Å². The SMILES string of the molecule is COc1ccc(CO)c(-c2ccccc2)c1OC. The first kappa shape index (κ1) is 12.5. The van der Waals surface area contributed by atoms with Crippen LogP contribution in [0.15, 0.2) is 42.5 Å². The van der Waals surface area contributed by atoms with Crippen molar-refractivity contribution in [1.29, 1.82) is 0 Å². The lowest BCUT2D eigenvalue weighted by Crippen LogP contribution is -1.97. The van der Waals surface area contributed by atoms with Crippen LogP contribution in [0.5, 0.6) is 11.5 Å². The number of aliphatic hydroxyl groups excluding tert-OH is 1. The van der Waals surface area contributed by atoms with Gasteiger partial charge in [-0.3, -0.25) is 0 Å². The maximum atomic E-state index is 9.47. The van der Waals surface area contributed by atoms with E-state index in [0.29, 0.717) is 11.5 Å². The maximum Gasteiger partial charge on any atom is 0.168 e. The maximum absolute atomic E-state index is 9.47. The van der Waals surface area contributed by atoms with Crippen molar-refractivity contribution < 1.29 is 14.6 Å². The molecule has 18 heavy (non-hydrogen) atoms. The van der Waals surface area contributed by atoms with Crippen molar-refractivity contribution in [3.8, 4) is 22.6 Å². The number of methoxy groups -OCH3 is 2. The molecule has 0 bridgehead atoms. The summed E-state index contributed by atoms with van der Waals surface area (Å²) in [5, 5.41) is 9.47. The molecule has 2 rings (SSSR count). The summed E-state index contributed by atoms with van der Waals surface area (Å²) in [6, 6.07) is 13.5. The largest absolute Gasteiger partial charge is 0.493 e. The van der Waals surface area contributed by atoms with E-state index in [2.05, 4.69) is 0 Å². The normalized spacial score (nSPS) is 10.2. The lowest BCUT2D eigenvalue weighted by atomic mass is 9.98. The van der Waals surface area contributed by atoms with Gasteiger partial charge in [-0.2, -0.15) is 0 Å². The lowest BCUT2D eigenvalue weighted by molar-refractivity contribution is 0.281. The summed E-state index contributed by atoms with van der Waals surface area (Å²) < 4.78 is 10.7. The van der Waals surface area contributed by atoms with E-state index in [1.54, 1.807) is 20.3 Å². The summed E-state index contributed by atoms with van der Waals surface area (Å²) in [5.74, 6) is 1.31.